The van der Waals surface area contributed by atoms with Gasteiger partial charge < -0.3 is 10.2 Å². The van der Waals surface area contributed by atoms with E-state index in [9.17, 15) is 13.2 Å². The van der Waals surface area contributed by atoms with E-state index in [1.165, 1.54) is 12.1 Å². The van der Waals surface area contributed by atoms with Crippen molar-refractivity contribution in [1.82, 2.24) is 24.7 Å². The number of fused-ring (bicyclic) bond motifs is 1. The lowest BCUT2D eigenvalue weighted by Gasteiger charge is -2.26. The fourth-order valence-corrected chi connectivity index (χ4v) is 3.22. The predicted octanol–water partition coefficient (Wildman–Crippen LogP) is 3.74. The van der Waals surface area contributed by atoms with Gasteiger partial charge in [0.25, 0.3) is 0 Å². The van der Waals surface area contributed by atoms with E-state index in [1.807, 2.05) is 25.1 Å². The first-order valence-corrected chi connectivity index (χ1v) is 9.13. The average molecular weight is 390 g/mol. The van der Waals surface area contributed by atoms with Crippen molar-refractivity contribution in [1.29, 1.82) is 0 Å². The van der Waals surface area contributed by atoms with Crippen molar-refractivity contribution >= 4 is 11.5 Å². The lowest BCUT2D eigenvalue weighted by atomic mass is 10.0. The maximum Gasteiger partial charge on any atom is 0.416 e. The number of hydrogen-bond donors (Lipinski definition) is 1. The normalized spacial score (nSPS) is 15.9. The molecular weight excluding hydrogens is 369 g/mol. The van der Waals surface area contributed by atoms with Crippen molar-refractivity contribution in [3.8, 4) is 0 Å². The van der Waals surface area contributed by atoms with Crippen molar-refractivity contribution in [2.75, 3.05) is 26.0 Å². The summed E-state index contributed by atoms with van der Waals surface area (Å²) in [5.74, 6) is 1.91. The molecule has 0 spiro atoms. The molecule has 0 radical (unpaired) electrons. The minimum Gasteiger partial charge on any atom is -0.367 e. The third-order valence-corrected chi connectivity index (χ3v) is 4.93. The van der Waals surface area contributed by atoms with Gasteiger partial charge in [-0.25, -0.2) is 0 Å². The van der Waals surface area contributed by atoms with Gasteiger partial charge in [0.1, 0.15) is 5.82 Å². The molecule has 0 aliphatic heterocycles. The smallest absolute Gasteiger partial charge is 0.367 e. The van der Waals surface area contributed by atoms with Crippen LogP contribution in [0, 0.1) is 0 Å². The summed E-state index contributed by atoms with van der Waals surface area (Å²) >= 11 is 0. The van der Waals surface area contributed by atoms with Gasteiger partial charge in [-0.3, -0.25) is 0 Å². The summed E-state index contributed by atoms with van der Waals surface area (Å²) in [7, 11) is 3.68. The van der Waals surface area contributed by atoms with Crippen LogP contribution in [0.25, 0.3) is 5.65 Å². The number of anilines is 1. The molecule has 148 valence electrons. The van der Waals surface area contributed by atoms with Crippen molar-refractivity contribution in [3.05, 3.63) is 53.3 Å². The van der Waals surface area contributed by atoms with Gasteiger partial charge in [-0.1, -0.05) is 12.1 Å². The molecule has 1 saturated carbocycles. The Balaban J connectivity index is 1.55. The number of aromatic nitrogens is 4. The Hall–Kier alpha value is -2.68. The Morgan fingerprint density at radius 1 is 1.18 bits per heavy atom. The topological polar surface area (TPSA) is 58.3 Å². The van der Waals surface area contributed by atoms with Crippen molar-refractivity contribution < 1.29 is 13.2 Å². The van der Waals surface area contributed by atoms with Gasteiger partial charge in [0.05, 0.1) is 11.6 Å². The summed E-state index contributed by atoms with van der Waals surface area (Å²) < 4.78 is 40.9. The summed E-state index contributed by atoms with van der Waals surface area (Å²) in [5, 5.41) is 16.1. The van der Waals surface area contributed by atoms with Crippen LogP contribution in [-0.2, 0) is 6.18 Å². The van der Waals surface area contributed by atoms with E-state index in [0.29, 0.717) is 29.5 Å². The lowest BCUT2D eigenvalue weighted by molar-refractivity contribution is -0.137. The first-order valence-electron chi connectivity index (χ1n) is 9.13. The Kier molecular flexibility index (Phi) is 4.70. The second-order valence-electron chi connectivity index (χ2n) is 7.30. The minimum atomic E-state index is -4.36. The van der Waals surface area contributed by atoms with Crippen LogP contribution in [0.3, 0.4) is 0 Å². The summed E-state index contributed by atoms with van der Waals surface area (Å²) in [6.45, 7) is 0.410. The SMILES string of the molecule is CN(C)C(CNc1ccc2nnc(C3CC3)n2n1)c1cccc(C(F)(F)F)c1. The molecule has 1 atom stereocenters. The molecule has 1 aliphatic carbocycles. The molecule has 1 fully saturated rings. The molecule has 0 saturated heterocycles. The number of likely N-dealkylation sites (N-methyl/N-ethyl adjacent to an activating group) is 1. The first-order chi connectivity index (χ1) is 13.3. The van der Waals surface area contributed by atoms with E-state index >= 15 is 0 Å². The lowest BCUT2D eigenvalue weighted by Crippen LogP contribution is -2.27. The van der Waals surface area contributed by atoms with Crippen LogP contribution < -0.4 is 5.32 Å². The monoisotopic (exact) mass is 390 g/mol. The first kappa shape index (κ1) is 18.7. The number of rotatable bonds is 6. The van der Waals surface area contributed by atoms with Crippen LogP contribution in [0.5, 0.6) is 0 Å². The molecular formula is C19H21F3N6. The fraction of sp³-hybridized carbons (Fsp3) is 0.421. The number of hydrogen-bond acceptors (Lipinski definition) is 5. The summed E-state index contributed by atoms with van der Waals surface area (Å²) in [6, 6.07) is 8.84. The minimum absolute atomic E-state index is 0.247. The van der Waals surface area contributed by atoms with Crippen molar-refractivity contribution in [2.24, 2.45) is 0 Å². The zero-order chi connectivity index (χ0) is 19.9. The van der Waals surface area contributed by atoms with Crippen LogP contribution >= 0.6 is 0 Å². The van der Waals surface area contributed by atoms with Gasteiger partial charge in [-0.15, -0.1) is 15.3 Å². The quantitative estimate of drug-likeness (QED) is 0.695. The second kappa shape index (κ2) is 7.05. The van der Waals surface area contributed by atoms with Gasteiger partial charge in [-0.05, 0) is 56.8 Å². The molecule has 1 N–H and O–H groups in total. The molecule has 28 heavy (non-hydrogen) atoms. The maximum absolute atomic E-state index is 13.1. The van der Waals surface area contributed by atoms with Crippen LogP contribution in [0.1, 0.15) is 41.8 Å². The number of benzene rings is 1. The van der Waals surface area contributed by atoms with E-state index in [2.05, 4.69) is 20.6 Å². The number of nitrogens with one attached hydrogen (secondary N) is 1. The molecule has 3 aromatic rings. The van der Waals surface area contributed by atoms with Crippen LogP contribution in [-0.4, -0.2) is 45.4 Å². The van der Waals surface area contributed by atoms with Gasteiger partial charge in [0.15, 0.2) is 11.5 Å². The Morgan fingerprint density at radius 2 is 1.96 bits per heavy atom. The molecule has 6 nitrogen and oxygen atoms in total. The fourth-order valence-electron chi connectivity index (χ4n) is 3.22. The maximum atomic E-state index is 13.1. The van der Waals surface area contributed by atoms with E-state index < -0.39 is 11.7 Å². The summed E-state index contributed by atoms with van der Waals surface area (Å²) in [6.07, 6.45) is -2.17. The third-order valence-electron chi connectivity index (χ3n) is 4.93. The standard InChI is InChI=1S/C19H21F3N6/c1-27(2)15(13-4-3-5-14(10-13)19(20,21)22)11-23-16-8-9-17-24-25-18(12-6-7-12)28(17)26-16/h3-5,8-10,12,15H,6-7,11H2,1-2H3,(H,23,26). The molecule has 2 heterocycles. The largest absolute Gasteiger partial charge is 0.416 e. The highest BCUT2D eigenvalue weighted by molar-refractivity contribution is 5.45. The number of alkyl halides is 3. The molecule has 0 bridgehead atoms. The van der Waals surface area contributed by atoms with E-state index in [0.717, 1.165) is 24.7 Å². The van der Waals surface area contributed by atoms with Gasteiger partial charge >= 0.3 is 6.18 Å². The molecule has 1 aromatic carbocycles. The van der Waals surface area contributed by atoms with Crippen molar-refractivity contribution in [2.45, 2.75) is 31.0 Å². The molecule has 0 amide bonds. The van der Waals surface area contributed by atoms with Crippen molar-refractivity contribution in [3.63, 3.8) is 0 Å². The molecule has 4 rings (SSSR count). The zero-order valence-corrected chi connectivity index (χ0v) is 15.6. The van der Waals surface area contributed by atoms with Gasteiger partial charge in [0, 0.05) is 12.5 Å². The molecule has 1 aliphatic rings. The number of halogens is 3. The average Bonchev–Trinajstić information content (AvgIpc) is 3.40. The summed E-state index contributed by atoms with van der Waals surface area (Å²) in [4.78, 5) is 1.88. The van der Waals surface area contributed by atoms with E-state index in [4.69, 9.17) is 0 Å². The molecule has 1 unspecified atom stereocenters. The number of nitrogens with zero attached hydrogens (tertiary/aromatic N) is 5. The Bertz CT molecular complexity index is 977. The Morgan fingerprint density at radius 3 is 2.64 bits per heavy atom. The summed E-state index contributed by atoms with van der Waals surface area (Å²) in [5.41, 5.74) is 0.640. The molecule has 2 aromatic heterocycles. The highest BCUT2D eigenvalue weighted by atomic mass is 19.4. The van der Waals surface area contributed by atoms with Crippen LogP contribution in [0.4, 0.5) is 19.0 Å². The third kappa shape index (κ3) is 3.80. The van der Waals surface area contributed by atoms with Crippen LogP contribution in [0.2, 0.25) is 0 Å². The predicted molar refractivity (Wildman–Crippen MR) is 99.1 cm³/mol. The Labute approximate surface area is 160 Å². The van der Waals surface area contributed by atoms with Crippen LogP contribution in [0.15, 0.2) is 36.4 Å². The highest BCUT2D eigenvalue weighted by Gasteiger charge is 2.31. The highest BCUT2D eigenvalue weighted by Crippen LogP contribution is 2.38. The zero-order valence-electron chi connectivity index (χ0n) is 15.6. The molecule has 9 heteroatoms. The second-order valence-corrected chi connectivity index (χ2v) is 7.30. The van der Waals surface area contributed by atoms with E-state index in [1.54, 1.807) is 16.6 Å². The van der Waals surface area contributed by atoms with Gasteiger partial charge in [0.2, 0.25) is 0 Å². The van der Waals surface area contributed by atoms with Gasteiger partial charge in [-0.2, -0.15) is 17.7 Å². The van der Waals surface area contributed by atoms with E-state index in [-0.39, 0.29) is 6.04 Å².